The molecule has 1 atom stereocenters. The third-order valence-electron chi connectivity index (χ3n) is 2.70. The van der Waals surface area contributed by atoms with Crippen molar-refractivity contribution in [1.82, 2.24) is 0 Å². The van der Waals surface area contributed by atoms with Crippen LogP contribution in [0.1, 0.15) is 16.8 Å². The SMILES string of the molecule is CS(=O)(=O)OC1(F)C=CC(C(=O)c2ccccc2)=CC1. The smallest absolute Gasteiger partial charge is 0.267 e. The van der Waals surface area contributed by atoms with Crippen LogP contribution in [0.4, 0.5) is 4.39 Å². The summed E-state index contributed by atoms with van der Waals surface area (Å²) in [6, 6.07) is 8.55. The number of hydrogen-bond donors (Lipinski definition) is 0. The molecule has 0 N–H and O–H groups in total. The Labute approximate surface area is 116 Å². The topological polar surface area (TPSA) is 60.4 Å². The van der Waals surface area contributed by atoms with Gasteiger partial charge in [0.2, 0.25) is 5.85 Å². The number of halogens is 1. The first-order chi connectivity index (χ1) is 9.29. The lowest BCUT2D eigenvalue weighted by Gasteiger charge is -2.22. The average molecular weight is 296 g/mol. The van der Waals surface area contributed by atoms with Crippen LogP contribution in [0.5, 0.6) is 0 Å². The number of Topliss-reactive ketones (excluding diaryl/α,β-unsaturated/α-hetero) is 1. The van der Waals surface area contributed by atoms with E-state index < -0.39 is 16.0 Å². The van der Waals surface area contributed by atoms with Gasteiger partial charge in [-0.2, -0.15) is 8.42 Å². The minimum absolute atomic E-state index is 0.247. The Kier molecular flexibility index (Phi) is 3.87. The highest BCUT2D eigenvalue weighted by atomic mass is 32.2. The molecule has 1 unspecified atom stereocenters. The van der Waals surface area contributed by atoms with Gasteiger partial charge in [0, 0.05) is 17.6 Å². The fourth-order valence-electron chi connectivity index (χ4n) is 1.84. The summed E-state index contributed by atoms with van der Waals surface area (Å²) in [4.78, 5) is 12.1. The van der Waals surface area contributed by atoms with Crippen molar-refractivity contribution in [2.45, 2.75) is 12.3 Å². The Hall–Kier alpha value is -1.79. The maximum atomic E-state index is 14.1. The summed E-state index contributed by atoms with van der Waals surface area (Å²) in [7, 11) is -3.91. The first kappa shape index (κ1) is 14.6. The molecule has 0 saturated carbocycles. The van der Waals surface area contributed by atoms with E-state index in [1.807, 2.05) is 0 Å². The summed E-state index contributed by atoms with van der Waals surface area (Å²) in [5.41, 5.74) is 0.792. The lowest BCUT2D eigenvalue weighted by molar-refractivity contribution is -0.00586. The van der Waals surface area contributed by atoms with Crippen LogP contribution in [-0.2, 0) is 14.3 Å². The normalized spacial score (nSPS) is 22.4. The number of ketones is 1. The van der Waals surface area contributed by atoms with Crippen LogP contribution in [0.15, 0.2) is 54.1 Å². The van der Waals surface area contributed by atoms with Crippen LogP contribution in [0.2, 0.25) is 0 Å². The second kappa shape index (κ2) is 5.30. The molecule has 0 bridgehead atoms. The van der Waals surface area contributed by atoms with Crippen molar-refractivity contribution in [3.8, 4) is 0 Å². The summed E-state index contributed by atoms with van der Waals surface area (Å²) in [5, 5.41) is 0. The van der Waals surface area contributed by atoms with E-state index in [4.69, 9.17) is 0 Å². The van der Waals surface area contributed by atoms with Crippen LogP contribution in [-0.4, -0.2) is 26.3 Å². The van der Waals surface area contributed by atoms with Crippen LogP contribution < -0.4 is 0 Å². The second-order valence-corrected chi connectivity index (χ2v) is 6.04. The largest absolute Gasteiger partial charge is 0.289 e. The fourth-order valence-corrected chi connectivity index (χ4v) is 2.46. The molecule has 0 spiro atoms. The summed E-state index contributed by atoms with van der Waals surface area (Å²) < 4.78 is 40.3. The number of alkyl halides is 1. The maximum absolute atomic E-state index is 14.1. The van der Waals surface area contributed by atoms with E-state index in [1.165, 1.54) is 12.2 Å². The molecule has 0 fully saturated rings. The van der Waals surface area contributed by atoms with Crippen molar-refractivity contribution in [2.24, 2.45) is 0 Å². The van der Waals surface area contributed by atoms with Gasteiger partial charge in [0.15, 0.2) is 5.78 Å². The Bertz CT molecular complexity index is 676. The van der Waals surface area contributed by atoms with Gasteiger partial charge in [0.05, 0.1) is 6.26 Å². The fraction of sp³-hybridized carbons (Fsp3) is 0.214. The molecule has 0 radical (unpaired) electrons. The van der Waals surface area contributed by atoms with Crippen molar-refractivity contribution < 1.29 is 21.8 Å². The van der Waals surface area contributed by atoms with Crippen LogP contribution in [0, 0.1) is 0 Å². The maximum Gasteiger partial charge on any atom is 0.267 e. The molecule has 0 amide bonds. The summed E-state index contributed by atoms with van der Waals surface area (Å²) >= 11 is 0. The van der Waals surface area contributed by atoms with E-state index in [0.717, 1.165) is 12.3 Å². The molecule has 0 saturated heterocycles. The number of hydrogen-bond acceptors (Lipinski definition) is 4. The molecule has 4 nitrogen and oxygen atoms in total. The number of benzene rings is 1. The Morgan fingerprint density at radius 2 is 1.95 bits per heavy atom. The average Bonchev–Trinajstić information content (AvgIpc) is 2.37. The molecule has 0 aliphatic heterocycles. The molecule has 106 valence electrons. The van der Waals surface area contributed by atoms with Crippen molar-refractivity contribution in [2.75, 3.05) is 6.26 Å². The second-order valence-electron chi connectivity index (χ2n) is 4.47. The predicted octanol–water partition coefficient (Wildman–Crippen LogP) is 2.40. The van der Waals surface area contributed by atoms with Gasteiger partial charge < -0.3 is 0 Å². The number of allylic oxidation sites excluding steroid dienone is 2. The van der Waals surface area contributed by atoms with Gasteiger partial charge in [-0.05, 0) is 12.2 Å². The van der Waals surface area contributed by atoms with Crippen molar-refractivity contribution in [3.63, 3.8) is 0 Å². The van der Waals surface area contributed by atoms with E-state index in [9.17, 15) is 17.6 Å². The van der Waals surface area contributed by atoms with Crippen LogP contribution >= 0.6 is 0 Å². The van der Waals surface area contributed by atoms with Crippen LogP contribution in [0.3, 0.4) is 0 Å². The summed E-state index contributed by atoms with van der Waals surface area (Å²) in [6.07, 6.45) is 3.97. The van der Waals surface area contributed by atoms with E-state index in [1.54, 1.807) is 30.3 Å². The Morgan fingerprint density at radius 1 is 1.30 bits per heavy atom. The van der Waals surface area contributed by atoms with Gasteiger partial charge in [0.1, 0.15) is 0 Å². The molecule has 0 aromatic heterocycles. The predicted molar refractivity (Wildman–Crippen MR) is 72.4 cm³/mol. The minimum atomic E-state index is -3.91. The molecule has 6 heteroatoms. The standard InChI is InChI=1S/C14H13FO4S/c1-20(17,18)19-14(15)9-7-12(8-10-14)13(16)11-5-3-2-4-6-11/h2-9H,10H2,1H3. The molecule has 2 rings (SSSR count). The zero-order valence-corrected chi connectivity index (χ0v) is 11.6. The number of carbonyl (C=O) groups excluding carboxylic acids is 1. The monoisotopic (exact) mass is 296 g/mol. The third kappa shape index (κ3) is 3.61. The van der Waals surface area contributed by atoms with Gasteiger partial charge in [-0.1, -0.05) is 36.4 Å². The van der Waals surface area contributed by atoms with Crippen molar-refractivity contribution >= 4 is 15.9 Å². The molecular weight excluding hydrogens is 283 g/mol. The van der Waals surface area contributed by atoms with Crippen molar-refractivity contribution in [1.29, 1.82) is 0 Å². The molecule has 1 aromatic rings. The van der Waals surface area contributed by atoms with E-state index in [-0.39, 0.29) is 12.2 Å². The molecule has 1 aliphatic rings. The van der Waals surface area contributed by atoms with Gasteiger partial charge in [-0.25, -0.2) is 8.57 Å². The third-order valence-corrected chi connectivity index (χ3v) is 3.28. The highest BCUT2D eigenvalue weighted by molar-refractivity contribution is 7.86. The lowest BCUT2D eigenvalue weighted by Crippen LogP contribution is -2.29. The van der Waals surface area contributed by atoms with Crippen LogP contribution in [0.25, 0.3) is 0 Å². The highest BCUT2D eigenvalue weighted by Crippen LogP contribution is 2.29. The first-order valence-electron chi connectivity index (χ1n) is 5.88. The lowest BCUT2D eigenvalue weighted by atomic mass is 9.96. The first-order valence-corrected chi connectivity index (χ1v) is 7.69. The quantitative estimate of drug-likeness (QED) is 0.632. The van der Waals surface area contributed by atoms with Gasteiger partial charge >= 0.3 is 0 Å². The Balaban J connectivity index is 2.15. The minimum Gasteiger partial charge on any atom is -0.289 e. The molecule has 20 heavy (non-hydrogen) atoms. The molecule has 1 aliphatic carbocycles. The van der Waals surface area contributed by atoms with E-state index in [2.05, 4.69) is 4.18 Å². The number of carbonyl (C=O) groups is 1. The van der Waals surface area contributed by atoms with E-state index in [0.29, 0.717) is 11.1 Å². The highest BCUT2D eigenvalue weighted by Gasteiger charge is 2.33. The summed E-state index contributed by atoms with van der Waals surface area (Å²) in [6.45, 7) is 0. The zero-order valence-electron chi connectivity index (χ0n) is 10.7. The summed E-state index contributed by atoms with van der Waals surface area (Å²) in [5.74, 6) is -2.67. The molecular formula is C14H13FO4S. The van der Waals surface area contributed by atoms with Gasteiger partial charge in [-0.15, -0.1) is 0 Å². The molecule has 1 aromatic carbocycles. The van der Waals surface area contributed by atoms with Crippen molar-refractivity contribution in [3.05, 3.63) is 59.7 Å². The van der Waals surface area contributed by atoms with Gasteiger partial charge in [0.25, 0.3) is 10.1 Å². The Morgan fingerprint density at radius 3 is 2.45 bits per heavy atom. The van der Waals surface area contributed by atoms with Gasteiger partial charge in [-0.3, -0.25) is 4.79 Å². The number of rotatable bonds is 4. The van der Waals surface area contributed by atoms with E-state index >= 15 is 0 Å². The zero-order chi connectivity index (χ0) is 14.8. The molecule has 0 heterocycles.